The van der Waals surface area contributed by atoms with Crippen LogP contribution >= 0.6 is 0 Å². The summed E-state index contributed by atoms with van der Waals surface area (Å²) in [6, 6.07) is 22.4. The molecule has 1 aliphatic carbocycles. The topological polar surface area (TPSA) is 21.3 Å². The molecule has 0 saturated carbocycles. The summed E-state index contributed by atoms with van der Waals surface area (Å²) >= 11 is 0. The van der Waals surface area contributed by atoms with Gasteiger partial charge in [-0.3, -0.25) is 0 Å². The number of anilines is 1. The summed E-state index contributed by atoms with van der Waals surface area (Å²) in [6.07, 6.45) is 3.54. The van der Waals surface area contributed by atoms with Gasteiger partial charge in [-0.25, -0.2) is 0 Å². The maximum Gasteiger partial charge on any atom is 0.416 e. The van der Waals surface area contributed by atoms with Crippen molar-refractivity contribution in [2.45, 2.75) is 18.6 Å². The molecule has 0 bridgehead atoms. The third-order valence-corrected chi connectivity index (χ3v) is 5.46. The number of rotatable bonds is 5. The minimum atomic E-state index is -4.36. The first-order valence-corrected chi connectivity index (χ1v) is 10.0. The maximum atomic E-state index is 13.0. The molecule has 1 aliphatic rings. The van der Waals surface area contributed by atoms with E-state index in [2.05, 4.69) is 5.32 Å². The summed E-state index contributed by atoms with van der Waals surface area (Å²) in [5.74, 6) is 1.47. The van der Waals surface area contributed by atoms with Crippen LogP contribution < -0.4 is 10.1 Å². The highest BCUT2D eigenvalue weighted by molar-refractivity contribution is 5.54. The van der Waals surface area contributed by atoms with Crippen molar-refractivity contribution in [1.29, 1.82) is 0 Å². The normalized spacial score (nSPS) is 20.5. The van der Waals surface area contributed by atoms with Gasteiger partial charge in [0.1, 0.15) is 11.5 Å². The fraction of sp³-hybridized carbons (Fsp3) is 0.154. The number of alkyl halides is 3. The molecule has 0 aromatic heterocycles. The van der Waals surface area contributed by atoms with Crippen LogP contribution in [0.5, 0.6) is 11.5 Å². The van der Waals surface area contributed by atoms with Gasteiger partial charge >= 0.3 is 6.18 Å². The number of halogens is 3. The molecule has 0 radical (unpaired) electrons. The summed E-state index contributed by atoms with van der Waals surface area (Å²) < 4.78 is 44.9. The Bertz CT molecular complexity index is 1070. The Kier molecular flexibility index (Phi) is 5.59. The number of nitrogens with one attached hydrogen (secondary N) is 1. The molecule has 4 rings (SSSR count). The van der Waals surface area contributed by atoms with Crippen molar-refractivity contribution in [3.8, 4) is 11.5 Å². The highest BCUT2D eigenvalue weighted by Crippen LogP contribution is 2.40. The SMILES string of the molecule is CC1C=CC=CC1(Nc1ccc(Oc2ccccc2)cc1)c1ccc(C(F)(F)F)cc1. The lowest BCUT2D eigenvalue weighted by Gasteiger charge is -2.39. The highest BCUT2D eigenvalue weighted by Gasteiger charge is 2.37. The van der Waals surface area contributed by atoms with Gasteiger partial charge in [0.05, 0.1) is 11.1 Å². The van der Waals surface area contributed by atoms with Gasteiger partial charge in [0, 0.05) is 11.6 Å². The van der Waals surface area contributed by atoms with E-state index < -0.39 is 17.3 Å². The third kappa shape index (κ3) is 4.50. The molecule has 0 fully saturated rings. The van der Waals surface area contributed by atoms with Crippen LogP contribution in [0.4, 0.5) is 18.9 Å². The molecule has 0 heterocycles. The molecular weight excluding hydrogens is 399 g/mol. The van der Waals surface area contributed by atoms with Crippen LogP contribution in [0.15, 0.2) is 103 Å². The zero-order valence-corrected chi connectivity index (χ0v) is 16.9. The van der Waals surface area contributed by atoms with Gasteiger partial charge in [-0.1, -0.05) is 61.6 Å². The van der Waals surface area contributed by atoms with Crippen molar-refractivity contribution in [2.75, 3.05) is 5.32 Å². The van der Waals surface area contributed by atoms with Crippen molar-refractivity contribution >= 4 is 5.69 Å². The third-order valence-electron chi connectivity index (χ3n) is 5.46. The van der Waals surface area contributed by atoms with E-state index >= 15 is 0 Å². The van der Waals surface area contributed by atoms with E-state index in [1.165, 1.54) is 0 Å². The predicted octanol–water partition coefficient (Wildman–Crippen LogP) is 7.57. The molecule has 5 heteroatoms. The van der Waals surface area contributed by atoms with E-state index in [1.807, 2.05) is 85.8 Å². The standard InChI is InChI=1S/C26H22F3NO/c1-19-7-5-6-18-25(19,20-10-12-21(13-11-20)26(27,28)29)30-22-14-16-24(17-15-22)31-23-8-3-2-4-9-23/h2-19,30H,1H3. The van der Waals surface area contributed by atoms with Crippen LogP contribution in [0.3, 0.4) is 0 Å². The summed E-state index contributed by atoms with van der Waals surface area (Å²) in [4.78, 5) is 0. The van der Waals surface area contributed by atoms with Crippen molar-refractivity contribution in [2.24, 2.45) is 5.92 Å². The first-order valence-electron chi connectivity index (χ1n) is 10.0. The highest BCUT2D eigenvalue weighted by atomic mass is 19.4. The average molecular weight is 421 g/mol. The second-order valence-corrected chi connectivity index (χ2v) is 7.54. The fourth-order valence-corrected chi connectivity index (χ4v) is 3.73. The van der Waals surface area contributed by atoms with Crippen LogP contribution in [0.1, 0.15) is 18.1 Å². The van der Waals surface area contributed by atoms with E-state index in [0.717, 1.165) is 29.1 Å². The van der Waals surface area contributed by atoms with E-state index in [4.69, 9.17) is 4.74 Å². The second kappa shape index (κ2) is 8.34. The second-order valence-electron chi connectivity index (χ2n) is 7.54. The molecule has 158 valence electrons. The zero-order valence-electron chi connectivity index (χ0n) is 16.9. The number of para-hydroxylation sites is 1. The van der Waals surface area contributed by atoms with Gasteiger partial charge in [-0.2, -0.15) is 13.2 Å². The number of ether oxygens (including phenoxy) is 1. The molecule has 3 aromatic carbocycles. The van der Waals surface area contributed by atoms with Gasteiger partial charge in [0.25, 0.3) is 0 Å². The Labute approximate surface area is 179 Å². The first-order chi connectivity index (χ1) is 14.9. The molecule has 0 spiro atoms. The molecule has 1 N–H and O–H groups in total. The van der Waals surface area contributed by atoms with Gasteiger partial charge in [0.2, 0.25) is 0 Å². The van der Waals surface area contributed by atoms with E-state index in [0.29, 0.717) is 5.75 Å². The van der Waals surface area contributed by atoms with Crippen molar-refractivity contribution in [3.63, 3.8) is 0 Å². The minimum absolute atomic E-state index is 0.0227. The minimum Gasteiger partial charge on any atom is -0.457 e. The van der Waals surface area contributed by atoms with Crippen molar-refractivity contribution in [1.82, 2.24) is 0 Å². The molecule has 0 aliphatic heterocycles. The van der Waals surface area contributed by atoms with Crippen molar-refractivity contribution in [3.05, 3.63) is 114 Å². The van der Waals surface area contributed by atoms with Gasteiger partial charge in [0.15, 0.2) is 0 Å². The van der Waals surface area contributed by atoms with Crippen LogP contribution in [0, 0.1) is 5.92 Å². The van der Waals surface area contributed by atoms with Crippen LogP contribution in [-0.4, -0.2) is 0 Å². The largest absolute Gasteiger partial charge is 0.457 e. The fourth-order valence-electron chi connectivity index (χ4n) is 3.73. The lowest BCUT2D eigenvalue weighted by Crippen LogP contribution is -2.40. The Morgan fingerprint density at radius 2 is 1.45 bits per heavy atom. The van der Waals surface area contributed by atoms with Crippen LogP contribution in [0.2, 0.25) is 0 Å². The zero-order chi connectivity index (χ0) is 21.9. The number of benzene rings is 3. The monoisotopic (exact) mass is 421 g/mol. The molecule has 0 saturated heterocycles. The lowest BCUT2D eigenvalue weighted by molar-refractivity contribution is -0.137. The first kappa shape index (κ1) is 20.8. The average Bonchev–Trinajstić information content (AvgIpc) is 2.77. The molecular formula is C26H22F3NO. The maximum absolute atomic E-state index is 13.0. The number of hydrogen-bond donors (Lipinski definition) is 1. The predicted molar refractivity (Wildman–Crippen MR) is 117 cm³/mol. The smallest absolute Gasteiger partial charge is 0.416 e. The molecule has 2 atom stereocenters. The number of allylic oxidation sites excluding steroid dienone is 2. The van der Waals surface area contributed by atoms with Gasteiger partial charge in [-0.15, -0.1) is 0 Å². The van der Waals surface area contributed by atoms with Gasteiger partial charge < -0.3 is 10.1 Å². The molecule has 2 nitrogen and oxygen atoms in total. The van der Waals surface area contributed by atoms with Gasteiger partial charge in [-0.05, 0) is 54.1 Å². The van der Waals surface area contributed by atoms with Crippen molar-refractivity contribution < 1.29 is 17.9 Å². The quantitative estimate of drug-likeness (QED) is 0.459. The Morgan fingerprint density at radius 3 is 2.06 bits per heavy atom. The molecule has 3 aromatic rings. The summed E-state index contributed by atoms with van der Waals surface area (Å²) in [5.41, 5.74) is 0.280. The Balaban J connectivity index is 1.60. The van der Waals surface area contributed by atoms with Crippen LogP contribution in [0.25, 0.3) is 0 Å². The Morgan fingerprint density at radius 1 is 0.806 bits per heavy atom. The molecule has 0 amide bonds. The van der Waals surface area contributed by atoms with E-state index in [-0.39, 0.29) is 5.92 Å². The summed E-state index contributed by atoms with van der Waals surface area (Å²) in [6.45, 7) is 2.04. The number of hydrogen-bond acceptors (Lipinski definition) is 2. The summed E-state index contributed by atoms with van der Waals surface area (Å²) in [5, 5.41) is 3.53. The summed E-state index contributed by atoms with van der Waals surface area (Å²) in [7, 11) is 0. The van der Waals surface area contributed by atoms with Crippen LogP contribution in [-0.2, 0) is 11.7 Å². The Hall–Kier alpha value is -3.47. The molecule has 2 unspecified atom stereocenters. The van der Waals surface area contributed by atoms with E-state index in [9.17, 15) is 13.2 Å². The lowest BCUT2D eigenvalue weighted by atomic mass is 9.76. The molecule has 31 heavy (non-hydrogen) atoms. The van der Waals surface area contributed by atoms with E-state index in [1.54, 1.807) is 12.1 Å².